The molecule has 0 amide bonds. The number of hydrogen-bond donors (Lipinski definition) is 2. The molecule has 1 unspecified atom stereocenters. The maximum absolute atomic E-state index is 10.3. The lowest BCUT2D eigenvalue weighted by Crippen LogP contribution is -2.33. The summed E-state index contributed by atoms with van der Waals surface area (Å²) in [5.74, 6) is 0.225. The maximum Gasteiger partial charge on any atom is 0.141 e. The Morgan fingerprint density at radius 3 is 2.83 bits per heavy atom. The van der Waals surface area contributed by atoms with Gasteiger partial charge < -0.3 is 15.7 Å². The number of nitrogens with two attached hydrogens (primary N) is 1. The Hall–Kier alpha value is -2.95. The molecule has 1 aliphatic rings. The van der Waals surface area contributed by atoms with E-state index in [0.717, 1.165) is 35.8 Å². The molecule has 148 valence electrons. The number of thiazole rings is 1. The molecule has 4 rings (SSSR count). The van der Waals surface area contributed by atoms with E-state index in [0.29, 0.717) is 22.6 Å². The Morgan fingerprint density at radius 1 is 1.34 bits per heavy atom. The Morgan fingerprint density at radius 2 is 2.17 bits per heavy atom. The zero-order chi connectivity index (χ0) is 20.6. The molecule has 3 N–H and O–H groups in total. The predicted molar refractivity (Wildman–Crippen MR) is 117 cm³/mol. The Kier molecular flexibility index (Phi) is 4.99. The quantitative estimate of drug-likeness (QED) is 0.682. The minimum absolute atomic E-state index is 0.225. The topological polar surface area (TPSA) is 99.1 Å². The summed E-state index contributed by atoms with van der Waals surface area (Å²) in [5.41, 5.74) is 9.39. The molecular formula is C22H23N5OS. The molecule has 0 aliphatic carbocycles. The van der Waals surface area contributed by atoms with Gasteiger partial charge in [0.2, 0.25) is 0 Å². The van der Waals surface area contributed by atoms with E-state index >= 15 is 0 Å². The van der Waals surface area contributed by atoms with Crippen LogP contribution < -0.4 is 10.6 Å². The number of benzene rings is 1. The second-order valence-electron chi connectivity index (χ2n) is 7.90. The summed E-state index contributed by atoms with van der Waals surface area (Å²) in [6, 6.07) is 11.9. The van der Waals surface area contributed by atoms with E-state index in [1.807, 2.05) is 37.4 Å². The number of rotatable bonds is 4. The van der Waals surface area contributed by atoms with E-state index in [1.54, 1.807) is 12.3 Å². The highest BCUT2D eigenvalue weighted by Gasteiger charge is 2.33. The average molecular weight is 406 g/mol. The summed E-state index contributed by atoms with van der Waals surface area (Å²) in [6.45, 7) is 5.42. The summed E-state index contributed by atoms with van der Waals surface area (Å²) in [6.07, 6.45) is 2.67. The molecule has 7 heteroatoms. The lowest BCUT2D eigenvalue weighted by molar-refractivity contribution is 0.0263. The third kappa shape index (κ3) is 3.82. The summed E-state index contributed by atoms with van der Waals surface area (Å²) in [5, 5.41) is 22.7. The molecular weight excluding hydrogens is 382 g/mol. The summed E-state index contributed by atoms with van der Waals surface area (Å²) >= 11 is 1.48. The van der Waals surface area contributed by atoms with Gasteiger partial charge in [-0.1, -0.05) is 12.1 Å². The molecule has 1 fully saturated rings. The fourth-order valence-electron chi connectivity index (χ4n) is 3.77. The van der Waals surface area contributed by atoms with Crippen molar-refractivity contribution >= 4 is 22.7 Å². The second kappa shape index (κ2) is 7.47. The number of nitriles is 1. The van der Waals surface area contributed by atoms with Gasteiger partial charge in [-0.3, -0.25) is 0 Å². The molecule has 3 heterocycles. The van der Waals surface area contributed by atoms with E-state index < -0.39 is 5.60 Å². The van der Waals surface area contributed by atoms with Gasteiger partial charge in [0.1, 0.15) is 22.3 Å². The van der Waals surface area contributed by atoms with Crippen LogP contribution in [0.15, 0.2) is 41.9 Å². The SMILES string of the molecule is CC(C)(O)C1CCN(c2cccc(-c3nc(-c4nccs4)cc(N)c3C#N)c2)C1. The molecule has 3 aromatic rings. The van der Waals surface area contributed by atoms with Crippen molar-refractivity contribution in [1.29, 1.82) is 5.26 Å². The van der Waals surface area contributed by atoms with Crippen LogP contribution in [-0.2, 0) is 0 Å². The van der Waals surface area contributed by atoms with Crippen molar-refractivity contribution in [2.45, 2.75) is 25.9 Å². The van der Waals surface area contributed by atoms with Crippen molar-refractivity contribution in [3.63, 3.8) is 0 Å². The first-order valence-electron chi connectivity index (χ1n) is 9.55. The van der Waals surface area contributed by atoms with Crippen molar-refractivity contribution in [3.8, 4) is 28.0 Å². The van der Waals surface area contributed by atoms with Gasteiger partial charge >= 0.3 is 0 Å². The van der Waals surface area contributed by atoms with Crippen molar-refractivity contribution in [3.05, 3.63) is 47.5 Å². The van der Waals surface area contributed by atoms with Gasteiger partial charge in [0, 0.05) is 41.8 Å². The molecule has 2 aromatic heterocycles. The first-order valence-corrected chi connectivity index (χ1v) is 10.4. The van der Waals surface area contributed by atoms with Crippen LogP contribution in [0.5, 0.6) is 0 Å². The number of anilines is 2. The molecule has 1 aliphatic heterocycles. The van der Waals surface area contributed by atoms with Gasteiger partial charge in [-0.05, 0) is 38.5 Å². The zero-order valence-corrected chi connectivity index (χ0v) is 17.3. The predicted octanol–water partition coefficient (Wildman–Crippen LogP) is 3.92. The fraction of sp³-hybridized carbons (Fsp3) is 0.318. The van der Waals surface area contributed by atoms with E-state index in [9.17, 15) is 10.4 Å². The zero-order valence-electron chi connectivity index (χ0n) is 16.5. The third-order valence-electron chi connectivity index (χ3n) is 5.49. The van der Waals surface area contributed by atoms with Crippen LogP contribution in [-0.4, -0.2) is 33.8 Å². The Bertz CT molecular complexity index is 1070. The normalized spacial score (nSPS) is 16.8. The first-order chi connectivity index (χ1) is 13.9. The number of pyridine rings is 1. The van der Waals surface area contributed by atoms with Crippen LogP contribution in [0.25, 0.3) is 22.0 Å². The van der Waals surface area contributed by atoms with E-state index in [2.05, 4.69) is 22.0 Å². The monoisotopic (exact) mass is 405 g/mol. The lowest BCUT2D eigenvalue weighted by atomic mass is 9.90. The minimum atomic E-state index is -0.696. The van der Waals surface area contributed by atoms with Gasteiger partial charge in [-0.15, -0.1) is 11.3 Å². The second-order valence-corrected chi connectivity index (χ2v) is 8.80. The largest absolute Gasteiger partial charge is 0.398 e. The highest BCUT2D eigenvalue weighted by atomic mass is 32.1. The highest BCUT2D eigenvalue weighted by Crippen LogP contribution is 2.35. The van der Waals surface area contributed by atoms with E-state index in [4.69, 9.17) is 10.7 Å². The Balaban J connectivity index is 1.73. The molecule has 1 atom stereocenters. The van der Waals surface area contributed by atoms with Gasteiger partial charge in [0.25, 0.3) is 0 Å². The van der Waals surface area contributed by atoms with Crippen LogP contribution in [0, 0.1) is 17.2 Å². The molecule has 29 heavy (non-hydrogen) atoms. The van der Waals surface area contributed by atoms with Crippen molar-refractivity contribution < 1.29 is 5.11 Å². The van der Waals surface area contributed by atoms with E-state index in [1.165, 1.54) is 11.3 Å². The molecule has 1 aromatic carbocycles. The van der Waals surface area contributed by atoms with Gasteiger partial charge in [-0.2, -0.15) is 5.26 Å². The molecule has 0 radical (unpaired) electrons. The van der Waals surface area contributed by atoms with Crippen molar-refractivity contribution in [1.82, 2.24) is 9.97 Å². The molecule has 0 spiro atoms. The molecule has 0 bridgehead atoms. The smallest absolute Gasteiger partial charge is 0.141 e. The third-order valence-corrected chi connectivity index (χ3v) is 6.28. The van der Waals surface area contributed by atoms with Crippen LogP contribution in [0.3, 0.4) is 0 Å². The fourth-order valence-corrected chi connectivity index (χ4v) is 4.37. The molecule has 0 saturated carbocycles. The van der Waals surface area contributed by atoms with Crippen LogP contribution >= 0.6 is 11.3 Å². The Labute approximate surface area is 174 Å². The summed E-state index contributed by atoms with van der Waals surface area (Å²) < 4.78 is 0. The van der Waals surface area contributed by atoms with Crippen LogP contribution in [0.4, 0.5) is 11.4 Å². The lowest BCUT2D eigenvalue weighted by Gasteiger charge is -2.26. The van der Waals surface area contributed by atoms with Gasteiger partial charge in [0.15, 0.2) is 0 Å². The first kappa shape index (κ1) is 19.4. The summed E-state index contributed by atoms with van der Waals surface area (Å²) in [7, 11) is 0. The number of nitrogen functional groups attached to an aromatic ring is 1. The van der Waals surface area contributed by atoms with Crippen molar-refractivity contribution in [2.24, 2.45) is 5.92 Å². The summed E-state index contributed by atoms with van der Waals surface area (Å²) in [4.78, 5) is 11.3. The van der Waals surface area contributed by atoms with Gasteiger partial charge in [-0.25, -0.2) is 9.97 Å². The van der Waals surface area contributed by atoms with Gasteiger partial charge in [0.05, 0.1) is 17.0 Å². The molecule has 6 nitrogen and oxygen atoms in total. The highest BCUT2D eigenvalue weighted by molar-refractivity contribution is 7.13. The van der Waals surface area contributed by atoms with E-state index in [-0.39, 0.29) is 5.92 Å². The molecule has 1 saturated heterocycles. The average Bonchev–Trinajstić information content (AvgIpc) is 3.39. The number of nitrogens with zero attached hydrogens (tertiary/aromatic N) is 4. The standard InChI is InChI=1S/C22H23N5OS/c1-22(2,28)15-6-8-27(13-15)16-5-3-4-14(10-16)20-17(12-23)18(24)11-19(26-20)21-25-7-9-29-21/h3-5,7,9-11,15,28H,6,8,13H2,1-2H3,(H2,24,26). The number of hydrogen-bond acceptors (Lipinski definition) is 7. The number of aromatic nitrogens is 2. The minimum Gasteiger partial charge on any atom is -0.398 e. The maximum atomic E-state index is 10.3. The van der Waals surface area contributed by atoms with Crippen LogP contribution in [0.2, 0.25) is 0 Å². The number of aliphatic hydroxyl groups is 1. The van der Waals surface area contributed by atoms with Crippen molar-refractivity contribution in [2.75, 3.05) is 23.7 Å². The van der Waals surface area contributed by atoms with Crippen LogP contribution in [0.1, 0.15) is 25.8 Å².